The second kappa shape index (κ2) is 7.08. The maximum Gasteiger partial charge on any atom is 0.180 e. The summed E-state index contributed by atoms with van der Waals surface area (Å²) in [4.78, 5) is 0. The number of benzene rings is 1. The van der Waals surface area contributed by atoms with Crippen LogP contribution in [-0.2, 0) is 0 Å². The Balaban J connectivity index is 2.27. The molecule has 0 radical (unpaired) electrons. The zero-order valence-electron chi connectivity index (χ0n) is 12.2. The Morgan fingerprint density at radius 3 is 2.71 bits per heavy atom. The molecule has 2 rings (SSSR count). The van der Waals surface area contributed by atoms with Gasteiger partial charge in [0.1, 0.15) is 12.7 Å². The third-order valence-electron chi connectivity index (χ3n) is 2.89. The standard InChI is InChI=1S/C14H17ClN4O2/c1-4-10(2)21-14-12(15)5-11(6-13(14)20-3)7-18-19-8-16-17-9-19/h5-10H,4H2,1-3H3/b18-7-/t10-/m0/s1. The lowest BCUT2D eigenvalue weighted by Gasteiger charge is -2.17. The molecule has 1 aromatic heterocycles. The van der Waals surface area contributed by atoms with E-state index in [9.17, 15) is 0 Å². The first-order valence-corrected chi connectivity index (χ1v) is 6.95. The Morgan fingerprint density at radius 1 is 1.38 bits per heavy atom. The van der Waals surface area contributed by atoms with Gasteiger partial charge in [-0.3, -0.25) is 0 Å². The Morgan fingerprint density at radius 2 is 2.10 bits per heavy atom. The number of halogens is 1. The number of hydrogen-bond acceptors (Lipinski definition) is 5. The largest absolute Gasteiger partial charge is 0.493 e. The van der Waals surface area contributed by atoms with Crippen molar-refractivity contribution >= 4 is 17.8 Å². The lowest BCUT2D eigenvalue weighted by Crippen LogP contribution is -2.11. The molecular weight excluding hydrogens is 292 g/mol. The highest BCUT2D eigenvalue weighted by atomic mass is 35.5. The first-order chi connectivity index (χ1) is 10.1. The van der Waals surface area contributed by atoms with Crippen LogP contribution in [0, 0.1) is 0 Å². The van der Waals surface area contributed by atoms with Crippen LogP contribution in [0.4, 0.5) is 0 Å². The van der Waals surface area contributed by atoms with E-state index in [0.717, 1.165) is 12.0 Å². The van der Waals surface area contributed by atoms with E-state index >= 15 is 0 Å². The Hall–Kier alpha value is -2.08. The number of ether oxygens (including phenoxy) is 2. The van der Waals surface area contributed by atoms with Crippen LogP contribution < -0.4 is 9.47 Å². The van der Waals surface area contributed by atoms with E-state index in [0.29, 0.717) is 16.5 Å². The topological polar surface area (TPSA) is 61.5 Å². The van der Waals surface area contributed by atoms with Crippen molar-refractivity contribution in [2.75, 3.05) is 7.11 Å². The highest BCUT2D eigenvalue weighted by molar-refractivity contribution is 6.32. The summed E-state index contributed by atoms with van der Waals surface area (Å²) in [5.74, 6) is 1.13. The summed E-state index contributed by atoms with van der Waals surface area (Å²) in [6.07, 6.45) is 5.58. The van der Waals surface area contributed by atoms with Gasteiger partial charge >= 0.3 is 0 Å². The van der Waals surface area contributed by atoms with Crippen molar-refractivity contribution < 1.29 is 9.47 Å². The van der Waals surface area contributed by atoms with Crippen LogP contribution in [0.15, 0.2) is 29.9 Å². The van der Waals surface area contributed by atoms with E-state index in [1.807, 2.05) is 19.9 Å². The summed E-state index contributed by atoms with van der Waals surface area (Å²) in [6, 6.07) is 3.59. The van der Waals surface area contributed by atoms with Gasteiger partial charge in [0.15, 0.2) is 11.5 Å². The lowest BCUT2D eigenvalue weighted by molar-refractivity contribution is 0.208. The van der Waals surface area contributed by atoms with Crippen molar-refractivity contribution in [2.45, 2.75) is 26.4 Å². The van der Waals surface area contributed by atoms with E-state index in [4.69, 9.17) is 21.1 Å². The molecule has 1 aromatic carbocycles. The summed E-state index contributed by atoms with van der Waals surface area (Å²) in [6.45, 7) is 4.03. The van der Waals surface area contributed by atoms with Gasteiger partial charge in [-0.25, -0.2) is 4.68 Å². The fraction of sp³-hybridized carbons (Fsp3) is 0.357. The van der Waals surface area contributed by atoms with E-state index < -0.39 is 0 Å². The minimum atomic E-state index is 0.0629. The molecule has 6 nitrogen and oxygen atoms in total. The molecular formula is C14H17ClN4O2. The van der Waals surface area contributed by atoms with Crippen molar-refractivity contribution in [3.05, 3.63) is 35.4 Å². The summed E-state index contributed by atoms with van der Waals surface area (Å²) in [5.41, 5.74) is 0.794. The van der Waals surface area contributed by atoms with Gasteiger partial charge in [0, 0.05) is 0 Å². The van der Waals surface area contributed by atoms with Gasteiger partial charge in [0.2, 0.25) is 0 Å². The van der Waals surface area contributed by atoms with Gasteiger partial charge in [0.05, 0.1) is 24.5 Å². The molecule has 0 aliphatic rings. The molecule has 0 saturated carbocycles. The molecule has 0 N–H and O–H groups in total. The molecule has 0 aliphatic carbocycles. The third kappa shape index (κ3) is 3.95. The molecule has 2 aromatic rings. The normalized spacial score (nSPS) is 12.6. The zero-order chi connectivity index (χ0) is 15.2. The van der Waals surface area contributed by atoms with Gasteiger partial charge in [-0.1, -0.05) is 18.5 Å². The van der Waals surface area contributed by atoms with Crippen molar-refractivity contribution in [2.24, 2.45) is 5.10 Å². The number of nitrogens with zero attached hydrogens (tertiary/aromatic N) is 4. The quantitative estimate of drug-likeness (QED) is 0.770. The molecule has 1 heterocycles. The smallest absolute Gasteiger partial charge is 0.180 e. The summed E-state index contributed by atoms with van der Waals surface area (Å²) in [7, 11) is 1.58. The molecule has 0 bridgehead atoms. The highest BCUT2D eigenvalue weighted by Gasteiger charge is 2.13. The fourth-order valence-electron chi connectivity index (χ4n) is 1.60. The van der Waals surface area contributed by atoms with Crippen LogP contribution >= 0.6 is 11.6 Å². The summed E-state index contributed by atoms with van der Waals surface area (Å²) >= 11 is 6.28. The van der Waals surface area contributed by atoms with Crippen LogP contribution in [0.5, 0.6) is 11.5 Å². The van der Waals surface area contributed by atoms with Crippen LogP contribution in [0.25, 0.3) is 0 Å². The first-order valence-electron chi connectivity index (χ1n) is 6.57. The molecule has 0 aliphatic heterocycles. The average Bonchev–Trinajstić information content (AvgIpc) is 3.00. The first kappa shape index (κ1) is 15.3. The predicted molar refractivity (Wildman–Crippen MR) is 81.4 cm³/mol. The van der Waals surface area contributed by atoms with Crippen LogP contribution in [0.3, 0.4) is 0 Å². The summed E-state index contributed by atoms with van der Waals surface area (Å²) in [5, 5.41) is 12.0. The van der Waals surface area contributed by atoms with Crippen molar-refractivity contribution in [1.29, 1.82) is 0 Å². The molecule has 0 saturated heterocycles. The monoisotopic (exact) mass is 308 g/mol. The van der Waals surface area contributed by atoms with Crippen LogP contribution in [0.2, 0.25) is 5.02 Å². The number of rotatable bonds is 6. The minimum absolute atomic E-state index is 0.0629. The third-order valence-corrected chi connectivity index (χ3v) is 3.17. The van der Waals surface area contributed by atoms with Crippen LogP contribution in [0.1, 0.15) is 25.8 Å². The van der Waals surface area contributed by atoms with E-state index in [1.54, 1.807) is 19.4 Å². The molecule has 0 spiro atoms. The zero-order valence-corrected chi connectivity index (χ0v) is 12.9. The fourth-order valence-corrected chi connectivity index (χ4v) is 1.87. The average molecular weight is 309 g/mol. The maximum atomic E-state index is 6.28. The molecule has 7 heteroatoms. The maximum absolute atomic E-state index is 6.28. The van der Waals surface area contributed by atoms with Crippen molar-refractivity contribution in [3.8, 4) is 11.5 Å². The Bertz CT molecular complexity index is 614. The van der Waals surface area contributed by atoms with Gasteiger partial charge in [-0.15, -0.1) is 10.2 Å². The minimum Gasteiger partial charge on any atom is -0.493 e. The Labute approximate surface area is 128 Å². The van der Waals surface area contributed by atoms with E-state index in [2.05, 4.69) is 15.3 Å². The van der Waals surface area contributed by atoms with Crippen molar-refractivity contribution in [1.82, 2.24) is 14.9 Å². The molecule has 21 heavy (non-hydrogen) atoms. The molecule has 112 valence electrons. The predicted octanol–water partition coefficient (Wildman–Crippen LogP) is 3.00. The second-order valence-electron chi connectivity index (χ2n) is 4.46. The van der Waals surface area contributed by atoms with Gasteiger partial charge in [-0.2, -0.15) is 5.10 Å². The summed E-state index contributed by atoms with van der Waals surface area (Å²) < 4.78 is 12.6. The number of methoxy groups -OCH3 is 1. The van der Waals surface area contributed by atoms with Gasteiger partial charge in [-0.05, 0) is 31.0 Å². The molecule has 0 amide bonds. The highest BCUT2D eigenvalue weighted by Crippen LogP contribution is 2.37. The van der Waals surface area contributed by atoms with Gasteiger partial charge < -0.3 is 9.47 Å². The van der Waals surface area contributed by atoms with Gasteiger partial charge in [0.25, 0.3) is 0 Å². The van der Waals surface area contributed by atoms with Crippen molar-refractivity contribution in [3.63, 3.8) is 0 Å². The molecule has 0 unspecified atom stereocenters. The number of aromatic nitrogens is 3. The Kier molecular flexibility index (Phi) is 5.16. The van der Waals surface area contributed by atoms with E-state index in [1.165, 1.54) is 17.3 Å². The lowest BCUT2D eigenvalue weighted by atomic mass is 10.2. The second-order valence-corrected chi connectivity index (χ2v) is 4.86. The molecule has 1 atom stereocenters. The number of hydrogen-bond donors (Lipinski definition) is 0. The SMILES string of the molecule is CC[C@H](C)Oc1c(Cl)cc(/C=N\n2cnnc2)cc1OC. The molecule has 0 fully saturated rings. The van der Waals surface area contributed by atoms with Crippen LogP contribution in [-0.4, -0.2) is 34.3 Å². The van der Waals surface area contributed by atoms with E-state index in [-0.39, 0.29) is 6.10 Å².